The number of nitrogens with one attached hydrogen (secondary N) is 1. The molecule has 108 valence electrons. The topological polar surface area (TPSA) is 92.4 Å². The molecule has 1 aliphatic rings. The molecule has 0 aromatic heterocycles. The number of rotatable bonds is 4. The van der Waals surface area contributed by atoms with E-state index in [2.05, 4.69) is 5.32 Å². The number of halogens is 1. The Kier molecular flexibility index (Phi) is 4.49. The van der Waals surface area contributed by atoms with Crippen LogP contribution in [-0.4, -0.2) is 23.0 Å². The fraction of sp³-hybridized carbons (Fsp3) is 0.429. The summed E-state index contributed by atoms with van der Waals surface area (Å²) in [5, 5.41) is 12.7. The van der Waals surface area contributed by atoms with Gasteiger partial charge in [-0.1, -0.05) is 11.6 Å². The minimum Gasteiger partial charge on any atom is -0.481 e. The molecule has 1 aliphatic carbocycles. The molecular formula is C14H17ClN2O3. The standard InChI is InChI=1S/C14H17ClN2O3/c15-9-3-6-11(13(16)18)12(7-9)17-10-4-1-8(2-5-10)14(19)20/h3,6-8,10,17H,1-2,4-5H2,(H2,16,18)(H,19,20). The molecule has 1 amide bonds. The minimum atomic E-state index is -0.732. The van der Waals surface area contributed by atoms with E-state index in [-0.39, 0.29) is 12.0 Å². The second-order valence-electron chi connectivity index (χ2n) is 5.09. The van der Waals surface area contributed by atoms with Gasteiger partial charge in [0, 0.05) is 16.8 Å². The maximum Gasteiger partial charge on any atom is 0.306 e. The molecule has 0 saturated heterocycles. The number of benzene rings is 1. The SMILES string of the molecule is NC(=O)c1ccc(Cl)cc1NC1CCC(C(=O)O)CC1. The maximum absolute atomic E-state index is 11.4. The highest BCUT2D eigenvalue weighted by Crippen LogP contribution is 2.29. The lowest BCUT2D eigenvalue weighted by molar-refractivity contribution is -0.142. The van der Waals surface area contributed by atoms with Crippen LogP contribution in [0.3, 0.4) is 0 Å². The van der Waals surface area contributed by atoms with Crippen LogP contribution in [0.25, 0.3) is 0 Å². The molecule has 0 heterocycles. The van der Waals surface area contributed by atoms with Crippen molar-refractivity contribution in [1.29, 1.82) is 0 Å². The lowest BCUT2D eigenvalue weighted by atomic mass is 9.86. The first kappa shape index (κ1) is 14.7. The summed E-state index contributed by atoms with van der Waals surface area (Å²) >= 11 is 5.93. The van der Waals surface area contributed by atoms with E-state index < -0.39 is 11.9 Å². The van der Waals surface area contributed by atoms with Crippen molar-refractivity contribution in [3.63, 3.8) is 0 Å². The van der Waals surface area contributed by atoms with Gasteiger partial charge in [0.25, 0.3) is 5.91 Å². The van der Waals surface area contributed by atoms with Crippen LogP contribution in [0.5, 0.6) is 0 Å². The second-order valence-corrected chi connectivity index (χ2v) is 5.52. The van der Waals surface area contributed by atoms with E-state index in [0.29, 0.717) is 29.1 Å². The van der Waals surface area contributed by atoms with Crippen LogP contribution in [0.1, 0.15) is 36.0 Å². The molecule has 6 heteroatoms. The highest BCUT2D eigenvalue weighted by molar-refractivity contribution is 6.31. The molecule has 1 aromatic rings. The minimum absolute atomic E-state index is 0.141. The number of carbonyl (C=O) groups excluding carboxylic acids is 1. The van der Waals surface area contributed by atoms with E-state index in [1.54, 1.807) is 18.2 Å². The van der Waals surface area contributed by atoms with Crippen LogP contribution in [-0.2, 0) is 4.79 Å². The Balaban J connectivity index is 2.06. The van der Waals surface area contributed by atoms with Crippen molar-refractivity contribution >= 4 is 29.2 Å². The molecule has 1 saturated carbocycles. The molecule has 0 radical (unpaired) electrons. The van der Waals surface area contributed by atoms with Gasteiger partial charge < -0.3 is 16.2 Å². The van der Waals surface area contributed by atoms with Gasteiger partial charge in [0.15, 0.2) is 0 Å². The summed E-state index contributed by atoms with van der Waals surface area (Å²) in [4.78, 5) is 22.3. The van der Waals surface area contributed by atoms with E-state index in [0.717, 1.165) is 12.8 Å². The van der Waals surface area contributed by atoms with Gasteiger partial charge in [-0.3, -0.25) is 9.59 Å². The summed E-state index contributed by atoms with van der Waals surface area (Å²) in [7, 11) is 0. The normalized spacial score (nSPS) is 22.2. The zero-order valence-corrected chi connectivity index (χ0v) is 11.7. The van der Waals surface area contributed by atoms with Crippen molar-refractivity contribution < 1.29 is 14.7 Å². The highest BCUT2D eigenvalue weighted by Gasteiger charge is 2.26. The number of amides is 1. The Hall–Kier alpha value is -1.75. The predicted octanol–water partition coefficient (Wildman–Crippen LogP) is 2.49. The second kappa shape index (κ2) is 6.13. The first-order valence-corrected chi connectivity index (χ1v) is 6.94. The van der Waals surface area contributed by atoms with Gasteiger partial charge in [-0.25, -0.2) is 0 Å². The number of carboxylic acids is 1. The van der Waals surface area contributed by atoms with Crippen LogP contribution >= 0.6 is 11.6 Å². The third kappa shape index (κ3) is 3.42. The molecule has 0 aliphatic heterocycles. The maximum atomic E-state index is 11.4. The van der Waals surface area contributed by atoms with Crippen LogP contribution in [0.15, 0.2) is 18.2 Å². The summed E-state index contributed by atoms with van der Waals surface area (Å²) in [6.07, 6.45) is 2.78. The third-order valence-corrected chi connectivity index (χ3v) is 3.92. The molecule has 1 aromatic carbocycles. The summed E-state index contributed by atoms with van der Waals surface area (Å²) in [5.41, 5.74) is 6.34. The number of carbonyl (C=O) groups is 2. The van der Waals surface area contributed by atoms with Crippen LogP contribution in [0, 0.1) is 5.92 Å². The van der Waals surface area contributed by atoms with Gasteiger partial charge in [0.1, 0.15) is 0 Å². The summed E-state index contributed by atoms with van der Waals surface area (Å²) in [6, 6.07) is 5.02. The third-order valence-electron chi connectivity index (χ3n) is 3.68. The average molecular weight is 297 g/mol. The van der Waals surface area contributed by atoms with Crippen molar-refractivity contribution in [3.05, 3.63) is 28.8 Å². The monoisotopic (exact) mass is 296 g/mol. The van der Waals surface area contributed by atoms with Crippen molar-refractivity contribution in [2.24, 2.45) is 11.7 Å². The molecule has 0 atom stereocenters. The van der Waals surface area contributed by atoms with Crippen molar-refractivity contribution in [3.8, 4) is 0 Å². The summed E-state index contributed by atoms with van der Waals surface area (Å²) in [5.74, 6) is -1.50. The van der Waals surface area contributed by atoms with Crippen molar-refractivity contribution in [2.75, 3.05) is 5.32 Å². The van der Waals surface area contributed by atoms with E-state index in [4.69, 9.17) is 22.4 Å². The lowest BCUT2D eigenvalue weighted by Gasteiger charge is -2.28. The van der Waals surface area contributed by atoms with Crippen molar-refractivity contribution in [2.45, 2.75) is 31.7 Å². The number of anilines is 1. The molecule has 0 unspecified atom stereocenters. The molecule has 0 spiro atoms. The molecule has 4 N–H and O–H groups in total. The smallest absolute Gasteiger partial charge is 0.306 e. The van der Waals surface area contributed by atoms with Gasteiger partial charge in [-0.15, -0.1) is 0 Å². The Morgan fingerprint density at radius 2 is 1.90 bits per heavy atom. The summed E-state index contributed by atoms with van der Waals surface area (Å²) in [6.45, 7) is 0. The van der Waals surface area contributed by atoms with E-state index in [1.165, 1.54) is 0 Å². The number of nitrogens with two attached hydrogens (primary N) is 1. The van der Waals surface area contributed by atoms with Crippen LogP contribution < -0.4 is 11.1 Å². The molecule has 0 bridgehead atoms. The highest BCUT2D eigenvalue weighted by atomic mass is 35.5. The first-order valence-electron chi connectivity index (χ1n) is 6.56. The van der Waals surface area contributed by atoms with Gasteiger partial charge in [-0.05, 0) is 43.9 Å². The van der Waals surface area contributed by atoms with Gasteiger partial charge in [0.05, 0.1) is 11.5 Å². The number of primary amides is 1. The van der Waals surface area contributed by atoms with Crippen LogP contribution in [0.2, 0.25) is 5.02 Å². The van der Waals surface area contributed by atoms with Crippen LogP contribution in [0.4, 0.5) is 5.69 Å². The Morgan fingerprint density at radius 3 is 2.45 bits per heavy atom. The lowest BCUT2D eigenvalue weighted by Crippen LogP contribution is -2.30. The molecular weight excluding hydrogens is 280 g/mol. The quantitative estimate of drug-likeness (QED) is 0.796. The Bertz CT molecular complexity index is 525. The number of aliphatic carboxylic acids is 1. The van der Waals surface area contributed by atoms with Crippen molar-refractivity contribution in [1.82, 2.24) is 0 Å². The van der Waals surface area contributed by atoms with Gasteiger partial charge in [-0.2, -0.15) is 0 Å². The zero-order chi connectivity index (χ0) is 14.7. The van der Waals surface area contributed by atoms with E-state index in [9.17, 15) is 9.59 Å². The predicted molar refractivity (Wildman–Crippen MR) is 77.0 cm³/mol. The average Bonchev–Trinajstić information content (AvgIpc) is 2.39. The fourth-order valence-electron chi connectivity index (χ4n) is 2.56. The van der Waals surface area contributed by atoms with Gasteiger partial charge >= 0.3 is 5.97 Å². The Labute approximate surface area is 122 Å². The molecule has 20 heavy (non-hydrogen) atoms. The first-order chi connectivity index (χ1) is 9.47. The number of carboxylic acid groups (broad SMARTS) is 1. The molecule has 2 rings (SSSR count). The molecule has 1 fully saturated rings. The van der Waals surface area contributed by atoms with E-state index >= 15 is 0 Å². The zero-order valence-electron chi connectivity index (χ0n) is 10.9. The Morgan fingerprint density at radius 1 is 1.25 bits per heavy atom. The van der Waals surface area contributed by atoms with Gasteiger partial charge in [0.2, 0.25) is 0 Å². The number of hydrogen-bond donors (Lipinski definition) is 3. The molecule has 5 nitrogen and oxygen atoms in total. The largest absolute Gasteiger partial charge is 0.481 e. The fourth-order valence-corrected chi connectivity index (χ4v) is 2.73. The number of hydrogen-bond acceptors (Lipinski definition) is 3. The summed E-state index contributed by atoms with van der Waals surface area (Å²) < 4.78 is 0. The van der Waals surface area contributed by atoms with E-state index in [1.807, 2.05) is 0 Å².